The number of hydrogen-bond acceptors (Lipinski definition) is 7. The highest BCUT2D eigenvalue weighted by Crippen LogP contribution is 2.61. The van der Waals surface area contributed by atoms with E-state index in [2.05, 4.69) is 13.0 Å². The standard InChI is InChI=1S/C27H31NO7S/c1-27-12-11-21-20-8-6-18(29)13-16(20)5-7-22(21)23(27)9-10-24(27)35-25(30)15-34-26(31)17-3-2-4-19(14-17)36(28,32)33/h2-4,6,8,13-14,21-24,29H,5,7,9-12,15H2,1H3,(H2,28,32,33)/t21?,22?,23?,24-,27-/m0/s1. The molecule has 5 atom stereocenters. The second kappa shape index (κ2) is 9.19. The lowest BCUT2D eigenvalue weighted by molar-refractivity contribution is -0.161. The summed E-state index contributed by atoms with van der Waals surface area (Å²) in [6.45, 7) is 1.68. The maximum Gasteiger partial charge on any atom is 0.344 e. The van der Waals surface area contributed by atoms with Crippen molar-refractivity contribution >= 4 is 22.0 Å². The number of carbonyl (C=O) groups is 2. The lowest BCUT2D eigenvalue weighted by Gasteiger charge is -2.50. The van der Waals surface area contributed by atoms with E-state index in [1.54, 1.807) is 6.07 Å². The van der Waals surface area contributed by atoms with Crippen LogP contribution in [-0.4, -0.2) is 38.2 Å². The second-order valence-electron chi connectivity index (χ2n) is 10.5. The van der Waals surface area contributed by atoms with Crippen LogP contribution in [0.4, 0.5) is 0 Å². The molecule has 0 radical (unpaired) electrons. The van der Waals surface area contributed by atoms with Gasteiger partial charge in [-0.15, -0.1) is 0 Å². The van der Waals surface area contributed by atoms with Crippen molar-refractivity contribution in [2.24, 2.45) is 22.4 Å². The summed E-state index contributed by atoms with van der Waals surface area (Å²) in [5.41, 5.74) is 2.47. The molecule has 36 heavy (non-hydrogen) atoms. The summed E-state index contributed by atoms with van der Waals surface area (Å²) in [5, 5.41) is 15.0. The number of rotatable bonds is 5. The van der Waals surface area contributed by atoms with Crippen LogP contribution in [0.5, 0.6) is 5.75 Å². The number of sulfonamides is 1. The van der Waals surface area contributed by atoms with Gasteiger partial charge >= 0.3 is 11.9 Å². The lowest BCUT2D eigenvalue weighted by atomic mass is 9.55. The average Bonchev–Trinajstić information content (AvgIpc) is 3.17. The van der Waals surface area contributed by atoms with E-state index in [9.17, 15) is 23.1 Å². The van der Waals surface area contributed by atoms with Crippen molar-refractivity contribution in [2.75, 3.05) is 6.61 Å². The van der Waals surface area contributed by atoms with E-state index >= 15 is 0 Å². The predicted molar refractivity (Wildman–Crippen MR) is 131 cm³/mol. The summed E-state index contributed by atoms with van der Waals surface area (Å²) in [6.07, 6.45) is 5.51. The third-order valence-electron chi connectivity index (χ3n) is 8.62. The number of aryl methyl sites for hydroxylation is 1. The van der Waals surface area contributed by atoms with Crippen LogP contribution in [0.1, 0.15) is 66.4 Å². The first-order valence-electron chi connectivity index (χ1n) is 12.4. The molecule has 3 unspecified atom stereocenters. The van der Waals surface area contributed by atoms with E-state index in [0.717, 1.165) is 44.6 Å². The maximum atomic E-state index is 12.6. The highest BCUT2D eigenvalue weighted by Gasteiger charge is 2.56. The van der Waals surface area contributed by atoms with Gasteiger partial charge in [0, 0.05) is 5.41 Å². The summed E-state index contributed by atoms with van der Waals surface area (Å²) >= 11 is 0. The van der Waals surface area contributed by atoms with E-state index in [4.69, 9.17) is 14.6 Å². The van der Waals surface area contributed by atoms with E-state index in [0.29, 0.717) is 23.5 Å². The van der Waals surface area contributed by atoms with Crippen LogP contribution in [0.3, 0.4) is 0 Å². The molecule has 5 rings (SSSR count). The quantitative estimate of drug-likeness (QED) is 0.583. The second-order valence-corrected chi connectivity index (χ2v) is 12.1. The number of benzene rings is 2. The normalized spacial score (nSPS) is 28.9. The van der Waals surface area contributed by atoms with E-state index < -0.39 is 28.6 Å². The summed E-state index contributed by atoms with van der Waals surface area (Å²) in [4.78, 5) is 24.8. The molecule has 0 spiro atoms. The van der Waals surface area contributed by atoms with Crippen molar-refractivity contribution in [3.05, 3.63) is 59.2 Å². The first kappa shape index (κ1) is 24.8. The Kier molecular flexibility index (Phi) is 6.32. The molecule has 2 aromatic rings. The van der Waals surface area contributed by atoms with E-state index in [1.165, 1.54) is 29.3 Å². The molecule has 3 aliphatic carbocycles. The number of nitrogens with two attached hydrogens (primary N) is 1. The van der Waals surface area contributed by atoms with Gasteiger partial charge in [0.15, 0.2) is 6.61 Å². The van der Waals surface area contributed by atoms with Gasteiger partial charge in [0.2, 0.25) is 10.0 Å². The molecule has 2 aromatic carbocycles. The Morgan fingerprint density at radius 2 is 1.92 bits per heavy atom. The van der Waals surface area contributed by atoms with Crippen LogP contribution in [0.25, 0.3) is 0 Å². The highest BCUT2D eigenvalue weighted by molar-refractivity contribution is 7.89. The Bertz CT molecular complexity index is 1310. The van der Waals surface area contributed by atoms with Crippen molar-refractivity contribution in [1.82, 2.24) is 0 Å². The minimum Gasteiger partial charge on any atom is -0.508 e. The molecule has 0 saturated heterocycles. The Balaban J connectivity index is 1.21. The van der Waals surface area contributed by atoms with Gasteiger partial charge in [0.1, 0.15) is 11.9 Å². The van der Waals surface area contributed by atoms with Gasteiger partial charge < -0.3 is 14.6 Å². The smallest absolute Gasteiger partial charge is 0.344 e. The van der Waals surface area contributed by atoms with Crippen LogP contribution in [0, 0.1) is 17.3 Å². The van der Waals surface area contributed by atoms with Gasteiger partial charge in [-0.3, -0.25) is 0 Å². The zero-order valence-electron chi connectivity index (χ0n) is 20.2. The third-order valence-corrected chi connectivity index (χ3v) is 9.53. The molecule has 0 amide bonds. The van der Waals surface area contributed by atoms with E-state index in [-0.39, 0.29) is 22.0 Å². The first-order chi connectivity index (χ1) is 17.1. The molecule has 192 valence electrons. The molecular formula is C27H31NO7S. The summed E-state index contributed by atoms with van der Waals surface area (Å²) in [7, 11) is -3.96. The molecule has 0 heterocycles. The summed E-state index contributed by atoms with van der Waals surface area (Å²) < 4.78 is 34.0. The first-order valence-corrected chi connectivity index (χ1v) is 13.9. The van der Waals surface area contributed by atoms with Crippen molar-refractivity contribution in [3.63, 3.8) is 0 Å². The fourth-order valence-electron chi connectivity index (χ4n) is 6.91. The van der Waals surface area contributed by atoms with Crippen LogP contribution in [0.15, 0.2) is 47.4 Å². The van der Waals surface area contributed by atoms with Crippen molar-refractivity contribution < 1.29 is 32.6 Å². The van der Waals surface area contributed by atoms with Gasteiger partial charge in [0.25, 0.3) is 0 Å². The number of esters is 2. The van der Waals surface area contributed by atoms with Crippen LogP contribution >= 0.6 is 0 Å². The number of ether oxygens (including phenoxy) is 2. The molecule has 2 fully saturated rings. The minimum atomic E-state index is -3.96. The van der Waals surface area contributed by atoms with Gasteiger partial charge in [-0.2, -0.15) is 0 Å². The topological polar surface area (TPSA) is 133 Å². The maximum absolute atomic E-state index is 12.6. The van der Waals surface area contributed by atoms with Gasteiger partial charge in [0.05, 0.1) is 10.5 Å². The Morgan fingerprint density at radius 3 is 2.69 bits per heavy atom. The number of phenolic OH excluding ortho intramolecular Hbond substituents is 1. The predicted octanol–water partition coefficient (Wildman–Crippen LogP) is 3.66. The molecule has 0 aromatic heterocycles. The Hall–Kier alpha value is -2.91. The molecule has 0 aliphatic heterocycles. The number of fused-ring (bicyclic) bond motifs is 5. The minimum absolute atomic E-state index is 0.00793. The van der Waals surface area contributed by atoms with Gasteiger partial charge in [-0.05, 0) is 97.7 Å². The monoisotopic (exact) mass is 513 g/mol. The fraction of sp³-hybridized carbons (Fsp3) is 0.481. The molecule has 3 N–H and O–H groups in total. The molecule has 2 saturated carbocycles. The molecule has 9 heteroatoms. The fourth-order valence-corrected chi connectivity index (χ4v) is 7.47. The number of phenols is 1. The zero-order chi connectivity index (χ0) is 25.7. The SMILES string of the molecule is C[C@]12CCC3c4ccc(O)cc4CCC3C1CC[C@@H]2OC(=O)COC(=O)c1cccc(S(N)(=O)=O)c1. The number of hydrogen-bond donors (Lipinski definition) is 2. The van der Waals surface area contributed by atoms with Crippen molar-refractivity contribution in [1.29, 1.82) is 0 Å². The van der Waals surface area contributed by atoms with E-state index in [1.807, 2.05) is 6.07 Å². The molecule has 8 nitrogen and oxygen atoms in total. The highest BCUT2D eigenvalue weighted by atomic mass is 32.2. The molecular weight excluding hydrogens is 482 g/mol. The number of carbonyl (C=O) groups excluding carboxylic acids is 2. The summed E-state index contributed by atoms with van der Waals surface area (Å²) in [6, 6.07) is 10.9. The summed E-state index contributed by atoms with van der Waals surface area (Å²) in [5.74, 6) is 0.326. The lowest BCUT2D eigenvalue weighted by Crippen LogP contribution is -2.45. The largest absolute Gasteiger partial charge is 0.508 e. The van der Waals surface area contributed by atoms with Crippen LogP contribution in [-0.2, 0) is 30.7 Å². The van der Waals surface area contributed by atoms with Gasteiger partial charge in [-0.1, -0.05) is 19.1 Å². The van der Waals surface area contributed by atoms with Crippen LogP contribution < -0.4 is 5.14 Å². The molecule has 0 bridgehead atoms. The number of aromatic hydroxyl groups is 1. The molecule has 3 aliphatic rings. The zero-order valence-corrected chi connectivity index (χ0v) is 21.0. The van der Waals surface area contributed by atoms with Crippen molar-refractivity contribution in [3.8, 4) is 5.75 Å². The van der Waals surface area contributed by atoms with Crippen molar-refractivity contribution in [2.45, 2.75) is 62.4 Å². The average molecular weight is 514 g/mol. The Labute approximate surface area is 210 Å². The van der Waals surface area contributed by atoms with Crippen LogP contribution in [0.2, 0.25) is 0 Å². The third kappa shape index (κ3) is 4.50. The Morgan fingerprint density at radius 1 is 1.11 bits per heavy atom. The number of primary sulfonamides is 1. The van der Waals surface area contributed by atoms with Gasteiger partial charge in [-0.25, -0.2) is 23.1 Å².